The van der Waals surface area contributed by atoms with Crippen LogP contribution in [0.2, 0.25) is 0 Å². The molecule has 110 valence electrons. The van der Waals surface area contributed by atoms with Crippen LogP contribution >= 0.6 is 11.3 Å². The molecule has 1 amide bonds. The highest BCUT2D eigenvalue weighted by molar-refractivity contribution is 7.14. The van der Waals surface area contributed by atoms with Crippen LogP contribution in [0.3, 0.4) is 0 Å². The van der Waals surface area contributed by atoms with E-state index in [0.29, 0.717) is 0 Å². The van der Waals surface area contributed by atoms with Gasteiger partial charge in [0.15, 0.2) is 0 Å². The fraction of sp³-hybridized carbons (Fsp3) is 0.667. The average Bonchev–Trinajstić information content (AvgIpc) is 3.06. The SMILES string of the molecule is Cc1sc(C(=O)NN)cc1CN1CCCC2CCCC21. The van der Waals surface area contributed by atoms with Gasteiger partial charge in [-0.05, 0) is 56.7 Å². The van der Waals surface area contributed by atoms with E-state index in [9.17, 15) is 4.79 Å². The lowest BCUT2D eigenvalue weighted by atomic mass is 9.91. The van der Waals surface area contributed by atoms with E-state index in [4.69, 9.17) is 5.84 Å². The first-order chi connectivity index (χ1) is 9.69. The third-order valence-corrected chi connectivity index (χ3v) is 5.95. The number of amides is 1. The number of thiophene rings is 1. The molecule has 0 spiro atoms. The number of carbonyl (C=O) groups is 1. The van der Waals surface area contributed by atoms with Gasteiger partial charge in [-0.2, -0.15) is 0 Å². The molecule has 3 rings (SSSR count). The zero-order chi connectivity index (χ0) is 14.1. The molecule has 2 aliphatic rings. The van der Waals surface area contributed by atoms with Crippen molar-refractivity contribution in [2.45, 2.75) is 51.6 Å². The Morgan fingerprint density at radius 3 is 3.05 bits per heavy atom. The van der Waals surface area contributed by atoms with E-state index in [1.807, 2.05) is 6.07 Å². The second-order valence-electron chi connectivity index (χ2n) is 6.04. The summed E-state index contributed by atoms with van der Waals surface area (Å²) in [6.07, 6.45) is 6.87. The van der Waals surface area contributed by atoms with Crippen LogP contribution in [0.1, 0.15) is 52.2 Å². The highest BCUT2D eigenvalue weighted by Crippen LogP contribution is 2.38. The number of rotatable bonds is 3. The Morgan fingerprint density at radius 2 is 2.25 bits per heavy atom. The van der Waals surface area contributed by atoms with Crippen LogP contribution < -0.4 is 11.3 Å². The van der Waals surface area contributed by atoms with Gasteiger partial charge in [0.2, 0.25) is 0 Å². The van der Waals surface area contributed by atoms with Crippen molar-refractivity contribution in [3.8, 4) is 0 Å². The van der Waals surface area contributed by atoms with Gasteiger partial charge < -0.3 is 0 Å². The smallest absolute Gasteiger partial charge is 0.275 e. The quantitative estimate of drug-likeness (QED) is 0.511. The fourth-order valence-corrected chi connectivity index (χ4v) is 4.77. The van der Waals surface area contributed by atoms with Gasteiger partial charge >= 0.3 is 0 Å². The van der Waals surface area contributed by atoms with E-state index in [2.05, 4.69) is 17.2 Å². The van der Waals surface area contributed by atoms with Crippen LogP contribution in [0, 0.1) is 12.8 Å². The van der Waals surface area contributed by atoms with Gasteiger partial charge in [-0.1, -0.05) is 6.42 Å². The van der Waals surface area contributed by atoms with E-state index in [1.54, 1.807) is 11.3 Å². The maximum atomic E-state index is 11.6. The van der Waals surface area contributed by atoms with E-state index in [0.717, 1.165) is 23.4 Å². The molecule has 1 aliphatic heterocycles. The van der Waals surface area contributed by atoms with Gasteiger partial charge in [-0.3, -0.25) is 15.1 Å². The minimum Gasteiger partial charge on any atom is -0.296 e. The van der Waals surface area contributed by atoms with Crippen LogP contribution in [-0.4, -0.2) is 23.4 Å². The number of nitrogens with zero attached hydrogens (tertiary/aromatic N) is 1. The van der Waals surface area contributed by atoms with Gasteiger partial charge in [-0.25, -0.2) is 5.84 Å². The highest BCUT2D eigenvalue weighted by Gasteiger charge is 2.35. The lowest BCUT2D eigenvalue weighted by Gasteiger charge is -2.37. The Balaban J connectivity index is 1.73. The Morgan fingerprint density at radius 1 is 1.45 bits per heavy atom. The third kappa shape index (κ3) is 2.62. The molecule has 2 atom stereocenters. The van der Waals surface area contributed by atoms with Crippen molar-refractivity contribution in [1.29, 1.82) is 0 Å². The van der Waals surface area contributed by atoms with Gasteiger partial charge in [0.25, 0.3) is 5.91 Å². The summed E-state index contributed by atoms with van der Waals surface area (Å²) in [4.78, 5) is 16.2. The van der Waals surface area contributed by atoms with Crippen LogP contribution in [0.5, 0.6) is 0 Å². The van der Waals surface area contributed by atoms with Crippen molar-refractivity contribution in [3.63, 3.8) is 0 Å². The zero-order valence-corrected chi connectivity index (χ0v) is 12.8. The number of fused-ring (bicyclic) bond motifs is 1. The minimum absolute atomic E-state index is 0.179. The molecule has 5 heteroatoms. The number of nitrogens with one attached hydrogen (secondary N) is 1. The molecule has 0 radical (unpaired) electrons. The summed E-state index contributed by atoms with van der Waals surface area (Å²) in [5, 5.41) is 0. The molecule has 1 aliphatic carbocycles. The molecule has 1 saturated heterocycles. The number of hydrazine groups is 1. The number of likely N-dealkylation sites (tertiary alicyclic amines) is 1. The van der Waals surface area contributed by atoms with Crippen LogP contribution in [0.4, 0.5) is 0 Å². The minimum atomic E-state index is -0.179. The molecular weight excluding hydrogens is 270 g/mol. The van der Waals surface area contributed by atoms with Gasteiger partial charge in [0.1, 0.15) is 0 Å². The molecule has 1 aromatic heterocycles. The van der Waals surface area contributed by atoms with E-state index < -0.39 is 0 Å². The number of nitrogens with two attached hydrogens (primary N) is 1. The molecular formula is C15H23N3OS. The highest BCUT2D eigenvalue weighted by atomic mass is 32.1. The van der Waals surface area contributed by atoms with Crippen molar-refractivity contribution in [1.82, 2.24) is 10.3 Å². The molecule has 0 bridgehead atoms. The molecule has 2 heterocycles. The molecule has 0 aromatic carbocycles. The van der Waals surface area contributed by atoms with E-state index >= 15 is 0 Å². The van der Waals surface area contributed by atoms with Crippen LogP contribution in [-0.2, 0) is 6.54 Å². The summed E-state index contributed by atoms with van der Waals surface area (Å²) in [6, 6.07) is 2.79. The van der Waals surface area contributed by atoms with Crippen LogP contribution in [0.15, 0.2) is 6.07 Å². The third-order valence-electron chi connectivity index (χ3n) is 4.86. The predicted molar refractivity (Wildman–Crippen MR) is 81.5 cm³/mol. The summed E-state index contributed by atoms with van der Waals surface area (Å²) >= 11 is 1.54. The lowest BCUT2D eigenvalue weighted by molar-refractivity contribution is 0.0956. The molecule has 4 nitrogen and oxygen atoms in total. The molecule has 1 saturated carbocycles. The Hall–Kier alpha value is -0.910. The Bertz CT molecular complexity index is 499. The van der Waals surface area contributed by atoms with Crippen LogP contribution in [0.25, 0.3) is 0 Å². The summed E-state index contributed by atoms with van der Waals surface area (Å²) in [5.74, 6) is 5.95. The van der Waals surface area contributed by atoms with Crippen molar-refractivity contribution < 1.29 is 4.79 Å². The van der Waals surface area contributed by atoms with Gasteiger partial charge in [-0.15, -0.1) is 11.3 Å². The number of hydrogen-bond acceptors (Lipinski definition) is 4. The summed E-state index contributed by atoms with van der Waals surface area (Å²) in [5.41, 5.74) is 3.51. The van der Waals surface area contributed by atoms with Crippen molar-refractivity contribution in [3.05, 3.63) is 21.4 Å². The molecule has 20 heavy (non-hydrogen) atoms. The standard InChI is InChI=1S/C15H23N3OS/c1-10-12(8-14(20-10)15(19)17-16)9-18-7-3-5-11-4-2-6-13(11)18/h8,11,13H,2-7,9,16H2,1H3,(H,17,19). The number of nitrogen functional groups attached to an aromatic ring is 1. The average molecular weight is 293 g/mol. The summed E-state index contributed by atoms with van der Waals surface area (Å²) < 4.78 is 0. The molecule has 2 unspecified atom stereocenters. The van der Waals surface area contributed by atoms with E-state index in [1.165, 1.54) is 49.1 Å². The zero-order valence-electron chi connectivity index (χ0n) is 12.0. The topological polar surface area (TPSA) is 58.4 Å². The summed E-state index contributed by atoms with van der Waals surface area (Å²) in [6.45, 7) is 4.29. The second kappa shape index (κ2) is 5.84. The van der Waals surface area contributed by atoms with Gasteiger partial charge in [0, 0.05) is 17.5 Å². The number of piperidine rings is 1. The predicted octanol–water partition coefficient (Wildman–Crippen LogP) is 2.42. The van der Waals surface area contributed by atoms with Gasteiger partial charge in [0.05, 0.1) is 4.88 Å². The van der Waals surface area contributed by atoms with Crippen molar-refractivity contribution in [2.75, 3.05) is 6.54 Å². The first-order valence-corrected chi connectivity index (χ1v) is 8.35. The normalized spacial score (nSPS) is 26.5. The Kier molecular flexibility index (Phi) is 4.10. The number of carbonyl (C=O) groups excluding carboxylic acids is 1. The maximum absolute atomic E-state index is 11.6. The first kappa shape index (κ1) is 14.0. The lowest BCUT2D eigenvalue weighted by Crippen LogP contribution is -2.41. The number of aryl methyl sites for hydroxylation is 1. The fourth-order valence-electron chi connectivity index (χ4n) is 3.83. The van der Waals surface area contributed by atoms with E-state index in [-0.39, 0.29) is 5.91 Å². The monoisotopic (exact) mass is 293 g/mol. The Labute approximate surface area is 124 Å². The van der Waals surface area contributed by atoms with Crippen molar-refractivity contribution in [2.24, 2.45) is 11.8 Å². The first-order valence-electron chi connectivity index (χ1n) is 7.53. The largest absolute Gasteiger partial charge is 0.296 e. The maximum Gasteiger partial charge on any atom is 0.275 e. The second-order valence-corrected chi connectivity index (χ2v) is 7.29. The molecule has 3 N–H and O–H groups in total. The molecule has 1 aromatic rings. The molecule has 2 fully saturated rings. The number of hydrogen-bond donors (Lipinski definition) is 2. The summed E-state index contributed by atoms with van der Waals surface area (Å²) in [7, 11) is 0. The van der Waals surface area contributed by atoms with Crippen molar-refractivity contribution >= 4 is 17.2 Å².